The Bertz CT molecular complexity index is 653. The van der Waals surface area contributed by atoms with Crippen molar-refractivity contribution in [2.75, 3.05) is 40.3 Å². The number of carbonyl (C=O) groups is 2. The molecule has 3 fully saturated rings. The average Bonchev–Trinajstić information content (AvgIpc) is 2.91. The molecule has 8 nitrogen and oxygen atoms in total. The number of piperazine rings is 1. The Morgan fingerprint density at radius 1 is 1.06 bits per heavy atom. The Morgan fingerprint density at radius 3 is 2.31 bits per heavy atom. The molecule has 3 aliphatic rings. The Hall–Kier alpha value is -1.54. The number of methoxy groups -OCH3 is 1. The van der Waals surface area contributed by atoms with Crippen LogP contribution < -0.4 is 10.6 Å². The number of hydrogen-bond donors (Lipinski definition) is 2. The van der Waals surface area contributed by atoms with Gasteiger partial charge in [-0.1, -0.05) is 47.0 Å². The van der Waals surface area contributed by atoms with Crippen LogP contribution in [0.5, 0.6) is 0 Å². The fourth-order valence-electron chi connectivity index (χ4n) is 6.04. The van der Waals surface area contributed by atoms with Crippen molar-refractivity contribution in [3.05, 3.63) is 0 Å². The van der Waals surface area contributed by atoms with E-state index in [0.717, 1.165) is 64.1 Å². The predicted molar refractivity (Wildman–Crippen MR) is 145 cm³/mol. The van der Waals surface area contributed by atoms with Crippen LogP contribution in [0.1, 0.15) is 86.0 Å². The molecule has 1 aliphatic carbocycles. The second kappa shape index (κ2) is 15.7. The molecule has 210 valence electrons. The lowest BCUT2D eigenvalue weighted by Gasteiger charge is -2.53. The first-order chi connectivity index (χ1) is 17.3. The van der Waals surface area contributed by atoms with Gasteiger partial charge in [-0.25, -0.2) is 9.59 Å². The normalized spacial score (nSPS) is 29.1. The van der Waals surface area contributed by atoms with Crippen LogP contribution in [0.25, 0.3) is 0 Å². The first kappa shape index (κ1) is 30.7. The van der Waals surface area contributed by atoms with Crippen molar-refractivity contribution in [3.8, 4) is 0 Å². The maximum Gasteiger partial charge on any atom is 0.410 e. The van der Waals surface area contributed by atoms with Crippen molar-refractivity contribution in [1.82, 2.24) is 20.4 Å². The van der Waals surface area contributed by atoms with Crippen molar-refractivity contribution >= 4 is 12.2 Å². The predicted octanol–water partition coefficient (Wildman–Crippen LogP) is 4.87. The molecule has 1 saturated carbocycles. The van der Waals surface area contributed by atoms with E-state index in [2.05, 4.69) is 38.3 Å². The molecule has 6 unspecified atom stereocenters. The van der Waals surface area contributed by atoms with Gasteiger partial charge >= 0.3 is 12.2 Å². The van der Waals surface area contributed by atoms with Gasteiger partial charge in [-0.2, -0.15) is 0 Å². The van der Waals surface area contributed by atoms with Gasteiger partial charge in [0.15, 0.2) is 0 Å². The van der Waals surface area contributed by atoms with Crippen molar-refractivity contribution in [1.29, 1.82) is 0 Å². The topological polar surface area (TPSA) is 83.1 Å². The Labute approximate surface area is 220 Å². The Kier molecular flexibility index (Phi) is 13.3. The molecular formula is C28H54N4O4. The number of rotatable bonds is 7. The minimum absolute atomic E-state index is 0.0124. The van der Waals surface area contributed by atoms with Crippen LogP contribution in [0.2, 0.25) is 0 Å². The molecule has 36 heavy (non-hydrogen) atoms. The molecule has 0 aromatic heterocycles. The van der Waals surface area contributed by atoms with E-state index >= 15 is 0 Å². The molecule has 2 N–H and O–H groups in total. The van der Waals surface area contributed by atoms with E-state index in [0.29, 0.717) is 18.4 Å². The number of carbonyl (C=O) groups excluding carboxylic acids is 2. The minimum atomic E-state index is -0.289. The van der Waals surface area contributed by atoms with E-state index in [-0.39, 0.29) is 36.4 Å². The van der Waals surface area contributed by atoms with E-state index in [9.17, 15) is 9.59 Å². The van der Waals surface area contributed by atoms with Gasteiger partial charge in [0, 0.05) is 13.1 Å². The molecule has 0 aromatic carbocycles. The standard InChI is InChI=1S/C22H40N4O4.C6H14/c1-5-16(12-23-3)17-8-9-19-20(11-17)25(14-15(2)26(19)22(28)29-4)21(27)30-18-7-6-10-24-13-18;1-4-6(3)5-2/h15-20,23-24H,5-14H2,1-4H3;6H,4-5H2,1-3H3. The lowest BCUT2D eigenvalue weighted by atomic mass is 9.73. The zero-order chi connectivity index (χ0) is 26.7. The molecule has 2 aliphatic heterocycles. The van der Waals surface area contributed by atoms with Crippen LogP contribution in [0.15, 0.2) is 0 Å². The summed E-state index contributed by atoms with van der Waals surface area (Å²) < 4.78 is 11.0. The summed E-state index contributed by atoms with van der Waals surface area (Å²) in [7, 11) is 3.43. The van der Waals surface area contributed by atoms with Gasteiger partial charge in [0.05, 0.1) is 25.2 Å². The summed E-state index contributed by atoms with van der Waals surface area (Å²) >= 11 is 0. The number of piperidine rings is 1. The number of hydrogen-bond acceptors (Lipinski definition) is 6. The third-order valence-electron chi connectivity index (χ3n) is 8.71. The van der Waals surface area contributed by atoms with Crippen LogP contribution >= 0.6 is 0 Å². The first-order valence-corrected chi connectivity index (χ1v) is 14.5. The summed E-state index contributed by atoms with van der Waals surface area (Å²) in [6, 6.07) is -0.123. The van der Waals surface area contributed by atoms with Crippen LogP contribution in [0.4, 0.5) is 9.59 Å². The Balaban J connectivity index is 0.000000678. The second-order valence-electron chi connectivity index (χ2n) is 11.1. The highest BCUT2D eigenvalue weighted by Crippen LogP contribution is 2.40. The quantitative estimate of drug-likeness (QED) is 0.508. The summed E-state index contributed by atoms with van der Waals surface area (Å²) in [5, 5.41) is 6.63. The molecule has 6 atom stereocenters. The highest BCUT2D eigenvalue weighted by molar-refractivity contribution is 5.72. The first-order valence-electron chi connectivity index (χ1n) is 14.5. The van der Waals surface area contributed by atoms with Gasteiger partial charge in [0.1, 0.15) is 6.10 Å². The molecule has 0 radical (unpaired) electrons. The molecule has 3 rings (SSSR count). The maximum atomic E-state index is 13.2. The highest BCUT2D eigenvalue weighted by atomic mass is 16.6. The molecule has 2 heterocycles. The summed E-state index contributed by atoms with van der Waals surface area (Å²) in [4.78, 5) is 29.5. The SMILES string of the molecule is CCC(C)CC.CCC(CNC)C1CCC2C(C1)N(C(=O)OC1CCCNC1)CC(C)N2C(=O)OC. The lowest BCUT2D eigenvalue weighted by molar-refractivity contribution is -0.0488. The van der Waals surface area contributed by atoms with Crippen molar-refractivity contribution in [2.45, 2.75) is 110 Å². The largest absolute Gasteiger partial charge is 0.453 e. The van der Waals surface area contributed by atoms with Crippen molar-refractivity contribution in [3.63, 3.8) is 0 Å². The summed E-state index contributed by atoms with van der Waals surface area (Å²) in [6.07, 6.45) is 7.99. The van der Waals surface area contributed by atoms with Gasteiger partial charge in [-0.05, 0) is 76.9 Å². The smallest absolute Gasteiger partial charge is 0.410 e. The van der Waals surface area contributed by atoms with Gasteiger partial charge in [0.25, 0.3) is 0 Å². The lowest BCUT2D eigenvalue weighted by Crippen LogP contribution is -2.67. The van der Waals surface area contributed by atoms with E-state index in [1.165, 1.54) is 20.0 Å². The van der Waals surface area contributed by atoms with Gasteiger partial charge in [-0.3, -0.25) is 4.90 Å². The second-order valence-corrected chi connectivity index (χ2v) is 11.1. The monoisotopic (exact) mass is 510 g/mol. The van der Waals surface area contributed by atoms with Crippen molar-refractivity contribution < 1.29 is 19.1 Å². The fourth-order valence-corrected chi connectivity index (χ4v) is 6.04. The number of ether oxygens (including phenoxy) is 2. The third-order valence-corrected chi connectivity index (χ3v) is 8.71. The van der Waals surface area contributed by atoms with Crippen molar-refractivity contribution in [2.24, 2.45) is 17.8 Å². The molecule has 0 bridgehead atoms. The van der Waals surface area contributed by atoms with E-state index < -0.39 is 0 Å². The molecule has 8 heteroatoms. The van der Waals surface area contributed by atoms with Crippen LogP contribution in [0, 0.1) is 17.8 Å². The van der Waals surface area contributed by atoms with E-state index in [1.54, 1.807) is 0 Å². The molecule has 0 spiro atoms. The highest BCUT2D eigenvalue weighted by Gasteiger charge is 2.49. The zero-order valence-corrected chi connectivity index (χ0v) is 24.1. The molecular weight excluding hydrogens is 456 g/mol. The maximum absolute atomic E-state index is 13.2. The minimum Gasteiger partial charge on any atom is -0.453 e. The van der Waals surface area contributed by atoms with Crippen LogP contribution in [-0.2, 0) is 9.47 Å². The average molecular weight is 511 g/mol. The van der Waals surface area contributed by atoms with Gasteiger partial charge < -0.3 is 25.0 Å². The van der Waals surface area contributed by atoms with Crippen LogP contribution in [0.3, 0.4) is 0 Å². The molecule has 2 amide bonds. The summed E-state index contributed by atoms with van der Waals surface area (Å²) in [5.41, 5.74) is 0. The van der Waals surface area contributed by atoms with Crippen LogP contribution in [-0.4, -0.2) is 86.6 Å². The van der Waals surface area contributed by atoms with Gasteiger partial charge in [0.2, 0.25) is 0 Å². The van der Waals surface area contributed by atoms with Gasteiger partial charge in [-0.15, -0.1) is 0 Å². The number of amides is 2. The zero-order valence-electron chi connectivity index (χ0n) is 24.1. The number of fused-ring (bicyclic) bond motifs is 1. The molecule has 2 saturated heterocycles. The number of nitrogens with one attached hydrogen (secondary N) is 2. The van der Waals surface area contributed by atoms with E-state index in [4.69, 9.17) is 9.47 Å². The van der Waals surface area contributed by atoms with E-state index in [1.807, 2.05) is 23.8 Å². The molecule has 0 aromatic rings. The fraction of sp³-hybridized carbons (Fsp3) is 0.929. The third kappa shape index (κ3) is 8.23. The number of nitrogens with zero attached hydrogens (tertiary/aromatic N) is 2. The summed E-state index contributed by atoms with van der Waals surface area (Å²) in [6.45, 7) is 14.2. The summed E-state index contributed by atoms with van der Waals surface area (Å²) in [5.74, 6) is 2.04. The Morgan fingerprint density at radius 2 is 1.78 bits per heavy atom.